The Morgan fingerprint density at radius 2 is 1.88 bits per heavy atom. The van der Waals surface area contributed by atoms with Gasteiger partial charge >= 0.3 is 0 Å². The number of benzene rings is 1. The number of hydrogen-bond donors (Lipinski definition) is 1. The predicted molar refractivity (Wildman–Crippen MR) is 92.1 cm³/mol. The van der Waals surface area contributed by atoms with Crippen LogP contribution in [0, 0.1) is 6.92 Å². The number of aryl methyl sites for hydroxylation is 1. The van der Waals surface area contributed by atoms with Crippen molar-refractivity contribution >= 4 is 11.7 Å². The monoisotopic (exact) mass is 318 g/mol. The lowest BCUT2D eigenvalue weighted by molar-refractivity contribution is -0.118. The average Bonchev–Trinajstić information content (AvgIpc) is 3.29. The summed E-state index contributed by atoms with van der Waals surface area (Å²) < 4.78 is 1.73. The summed E-state index contributed by atoms with van der Waals surface area (Å²) >= 11 is 0. The Bertz CT molecular complexity index is 881. The topological polar surface area (TPSA) is 59.8 Å². The van der Waals surface area contributed by atoms with Crippen LogP contribution in [0.5, 0.6) is 0 Å². The van der Waals surface area contributed by atoms with E-state index in [-0.39, 0.29) is 5.91 Å². The number of anilines is 1. The minimum atomic E-state index is -0.397. The zero-order valence-corrected chi connectivity index (χ0v) is 13.4. The molecule has 1 aromatic carbocycles. The van der Waals surface area contributed by atoms with Gasteiger partial charge < -0.3 is 5.32 Å². The molecule has 0 bridgehead atoms. The molecule has 2 aromatic heterocycles. The zero-order chi connectivity index (χ0) is 16.6. The van der Waals surface area contributed by atoms with Gasteiger partial charge in [0.25, 0.3) is 0 Å². The molecule has 0 spiro atoms. The number of carbonyl (C=O) groups excluding carboxylic acids is 1. The summed E-state index contributed by atoms with van der Waals surface area (Å²) in [5.41, 5.74) is 2.79. The summed E-state index contributed by atoms with van der Waals surface area (Å²) in [6.07, 6.45) is 7.03. The molecular weight excluding hydrogens is 300 g/mol. The molecule has 24 heavy (non-hydrogen) atoms. The smallest absolute Gasteiger partial charge is 0.236 e. The molecule has 4 rings (SSSR count). The Labute approximate surface area is 140 Å². The predicted octanol–water partition coefficient (Wildman–Crippen LogP) is 3.25. The van der Waals surface area contributed by atoms with Crippen molar-refractivity contribution in [1.29, 1.82) is 0 Å². The van der Waals surface area contributed by atoms with E-state index >= 15 is 0 Å². The third kappa shape index (κ3) is 2.48. The van der Waals surface area contributed by atoms with Crippen LogP contribution in [0.2, 0.25) is 0 Å². The van der Waals surface area contributed by atoms with Gasteiger partial charge in [0.1, 0.15) is 0 Å². The second-order valence-corrected chi connectivity index (χ2v) is 6.20. The summed E-state index contributed by atoms with van der Waals surface area (Å²) in [6.45, 7) is 2.06. The molecule has 1 saturated carbocycles. The molecular formula is C19H18N4O. The van der Waals surface area contributed by atoms with E-state index in [9.17, 15) is 4.79 Å². The van der Waals surface area contributed by atoms with Gasteiger partial charge in [-0.15, -0.1) is 0 Å². The molecule has 2 heterocycles. The first-order chi connectivity index (χ1) is 11.7. The maximum absolute atomic E-state index is 12.8. The highest BCUT2D eigenvalue weighted by atomic mass is 16.2. The standard InChI is InChI=1S/C19H18N4O/c1-14-4-2-3-5-16(14)19(9-10-19)18(24)21-17-8-13-23(22-17)15-6-11-20-12-7-15/h2-8,11-13H,9-10H2,1H3,(H,21,22,24). The largest absolute Gasteiger partial charge is 0.308 e. The van der Waals surface area contributed by atoms with E-state index in [0.717, 1.165) is 29.7 Å². The van der Waals surface area contributed by atoms with E-state index in [2.05, 4.69) is 34.5 Å². The summed E-state index contributed by atoms with van der Waals surface area (Å²) in [5.74, 6) is 0.591. The third-order valence-corrected chi connectivity index (χ3v) is 4.60. The second kappa shape index (κ2) is 5.60. The average molecular weight is 318 g/mol. The van der Waals surface area contributed by atoms with E-state index in [1.807, 2.05) is 36.5 Å². The maximum Gasteiger partial charge on any atom is 0.236 e. The van der Waals surface area contributed by atoms with E-state index < -0.39 is 5.41 Å². The van der Waals surface area contributed by atoms with Crippen LogP contribution in [-0.4, -0.2) is 20.7 Å². The van der Waals surface area contributed by atoms with Gasteiger partial charge in [-0.3, -0.25) is 9.78 Å². The molecule has 0 atom stereocenters. The van der Waals surface area contributed by atoms with Gasteiger partial charge in [-0.25, -0.2) is 4.68 Å². The molecule has 5 heteroatoms. The molecule has 0 radical (unpaired) electrons. The first-order valence-electron chi connectivity index (χ1n) is 8.03. The van der Waals surface area contributed by atoms with Gasteiger partial charge in [0.15, 0.2) is 5.82 Å². The van der Waals surface area contributed by atoms with Gasteiger partial charge in [-0.05, 0) is 43.0 Å². The highest BCUT2D eigenvalue weighted by Gasteiger charge is 2.52. The van der Waals surface area contributed by atoms with Crippen LogP contribution >= 0.6 is 0 Å². The van der Waals surface area contributed by atoms with Gasteiger partial charge in [-0.1, -0.05) is 24.3 Å². The number of amides is 1. The number of pyridine rings is 1. The van der Waals surface area contributed by atoms with Crippen molar-refractivity contribution in [2.24, 2.45) is 0 Å². The third-order valence-electron chi connectivity index (χ3n) is 4.60. The van der Waals surface area contributed by atoms with Crippen molar-refractivity contribution in [2.45, 2.75) is 25.2 Å². The van der Waals surface area contributed by atoms with Crippen molar-refractivity contribution in [2.75, 3.05) is 5.32 Å². The fourth-order valence-corrected chi connectivity index (χ4v) is 3.12. The molecule has 3 aromatic rings. The van der Waals surface area contributed by atoms with Gasteiger partial charge in [0, 0.05) is 24.7 Å². The number of aromatic nitrogens is 3. The minimum Gasteiger partial charge on any atom is -0.308 e. The van der Waals surface area contributed by atoms with E-state index in [1.165, 1.54) is 0 Å². The number of nitrogens with zero attached hydrogens (tertiary/aromatic N) is 3. The lowest BCUT2D eigenvalue weighted by atomic mass is 9.91. The number of carbonyl (C=O) groups is 1. The molecule has 0 saturated heterocycles. The highest BCUT2D eigenvalue weighted by molar-refractivity contribution is 6.01. The van der Waals surface area contributed by atoms with E-state index in [1.54, 1.807) is 17.1 Å². The molecule has 0 unspecified atom stereocenters. The first-order valence-corrected chi connectivity index (χ1v) is 8.03. The van der Waals surface area contributed by atoms with Crippen LogP contribution in [0.4, 0.5) is 5.82 Å². The normalized spacial score (nSPS) is 15.0. The molecule has 1 aliphatic rings. The Kier molecular flexibility index (Phi) is 3.41. The maximum atomic E-state index is 12.8. The zero-order valence-electron chi connectivity index (χ0n) is 13.4. The SMILES string of the molecule is Cc1ccccc1C1(C(=O)Nc2ccn(-c3ccncc3)n2)CC1. The fourth-order valence-electron chi connectivity index (χ4n) is 3.12. The quantitative estimate of drug-likeness (QED) is 0.803. The van der Waals surface area contributed by atoms with Crippen molar-refractivity contribution in [1.82, 2.24) is 14.8 Å². The Morgan fingerprint density at radius 1 is 1.12 bits per heavy atom. The lowest BCUT2D eigenvalue weighted by Crippen LogP contribution is -2.28. The Morgan fingerprint density at radius 3 is 2.58 bits per heavy atom. The number of hydrogen-bond acceptors (Lipinski definition) is 3. The molecule has 1 aliphatic carbocycles. The summed E-state index contributed by atoms with van der Waals surface area (Å²) in [4.78, 5) is 16.8. The van der Waals surface area contributed by atoms with Gasteiger partial charge in [-0.2, -0.15) is 5.10 Å². The van der Waals surface area contributed by atoms with Crippen molar-refractivity contribution < 1.29 is 4.79 Å². The second-order valence-electron chi connectivity index (χ2n) is 6.20. The first kappa shape index (κ1) is 14.6. The number of rotatable bonds is 4. The molecule has 5 nitrogen and oxygen atoms in total. The fraction of sp³-hybridized carbons (Fsp3) is 0.211. The highest BCUT2D eigenvalue weighted by Crippen LogP contribution is 2.50. The number of nitrogens with one attached hydrogen (secondary N) is 1. The molecule has 1 amide bonds. The van der Waals surface area contributed by atoms with Gasteiger partial charge in [0.05, 0.1) is 11.1 Å². The van der Waals surface area contributed by atoms with Crippen LogP contribution in [-0.2, 0) is 10.2 Å². The van der Waals surface area contributed by atoms with Crippen LogP contribution in [0.15, 0.2) is 61.1 Å². The summed E-state index contributed by atoms with van der Waals surface area (Å²) in [5, 5.41) is 7.41. The minimum absolute atomic E-state index is 0.0248. The van der Waals surface area contributed by atoms with E-state index in [4.69, 9.17) is 0 Å². The van der Waals surface area contributed by atoms with Gasteiger partial charge in [0.2, 0.25) is 5.91 Å². The van der Waals surface area contributed by atoms with Crippen LogP contribution < -0.4 is 5.32 Å². The lowest BCUT2D eigenvalue weighted by Gasteiger charge is -2.17. The molecule has 1 fully saturated rings. The molecule has 1 N–H and O–H groups in total. The Balaban J connectivity index is 1.55. The van der Waals surface area contributed by atoms with Crippen molar-refractivity contribution in [3.05, 3.63) is 72.2 Å². The van der Waals surface area contributed by atoms with Crippen LogP contribution in [0.1, 0.15) is 24.0 Å². The van der Waals surface area contributed by atoms with Crippen LogP contribution in [0.3, 0.4) is 0 Å². The Hall–Kier alpha value is -2.95. The van der Waals surface area contributed by atoms with E-state index in [0.29, 0.717) is 5.82 Å². The summed E-state index contributed by atoms with van der Waals surface area (Å²) in [6, 6.07) is 13.7. The van der Waals surface area contributed by atoms with Crippen molar-refractivity contribution in [3.8, 4) is 5.69 Å². The van der Waals surface area contributed by atoms with Crippen molar-refractivity contribution in [3.63, 3.8) is 0 Å². The molecule has 0 aliphatic heterocycles. The van der Waals surface area contributed by atoms with Crippen LogP contribution in [0.25, 0.3) is 5.69 Å². The summed E-state index contributed by atoms with van der Waals surface area (Å²) in [7, 11) is 0. The molecule has 120 valence electrons.